The first-order chi connectivity index (χ1) is 14.1. The number of furan rings is 1. The van der Waals surface area contributed by atoms with Crippen LogP contribution in [0.3, 0.4) is 0 Å². The van der Waals surface area contributed by atoms with Crippen LogP contribution in [-0.2, 0) is 13.6 Å². The number of nitrogens with one attached hydrogen (secondary N) is 1. The summed E-state index contributed by atoms with van der Waals surface area (Å²) < 4.78 is 48.9. The van der Waals surface area contributed by atoms with Gasteiger partial charge in [-0.1, -0.05) is 0 Å². The van der Waals surface area contributed by atoms with E-state index in [0.717, 1.165) is 15.9 Å². The van der Waals surface area contributed by atoms with Crippen LogP contribution in [0.5, 0.6) is 0 Å². The van der Waals surface area contributed by atoms with Crippen LogP contribution in [0.25, 0.3) is 0 Å². The first-order valence-corrected chi connectivity index (χ1v) is 9.34. The molecular formula is C19H21F3N6O2. The zero-order valence-corrected chi connectivity index (χ0v) is 16.6. The van der Waals surface area contributed by atoms with Gasteiger partial charge in [-0.3, -0.25) is 9.48 Å². The molecule has 0 bridgehead atoms. The van der Waals surface area contributed by atoms with E-state index in [1.165, 1.54) is 17.2 Å². The standard InChI is InChI=1S/C19H21F3N6O2/c1-11-12(10-27(3)24-11)9-26(2)18(29)14-8-17-23-13(15-5-4-6-30-15)7-16(19(20,21)22)28(17)25-14/h4-6,8,10,13,16,23H,7,9H2,1-3H3/t13-,16-/m1/s1. The van der Waals surface area contributed by atoms with Crippen molar-refractivity contribution in [3.05, 3.63) is 53.4 Å². The van der Waals surface area contributed by atoms with E-state index < -0.39 is 24.2 Å². The van der Waals surface area contributed by atoms with Gasteiger partial charge in [0.05, 0.1) is 18.0 Å². The summed E-state index contributed by atoms with van der Waals surface area (Å²) in [5.74, 6) is 0.0467. The van der Waals surface area contributed by atoms with E-state index in [1.54, 1.807) is 37.1 Å². The molecule has 3 aromatic heterocycles. The van der Waals surface area contributed by atoms with Gasteiger partial charge in [0.15, 0.2) is 11.7 Å². The molecule has 0 aromatic carbocycles. The summed E-state index contributed by atoms with van der Waals surface area (Å²) in [7, 11) is 3.35. The number of hydrogen-bond acceptors (Lipinski definition) is 5. The topological polar surface area (TPSA) is 81.1 Å². The predicted octanol–water partition coefficient (Wildman–Crippen LogP) is 3.45. The maximum Gasteiger partial charge on any atom is 0.410 e. The van der Waals surface area contributed by atoms with Gasteiger partial charge in [-0.2, -0.15) is 23.4 Å². The van der Waals surface area contributed by atoms with E-state index in [2.05, 4.69) is 15.5 Å². The van der Waals surface area contributed by atoms with Crippen LogP contribution >= 0.6 is 0 Å². The molecule has 3 aromatic rings. The van der Waals surface area contributed by atoms with Crippen molar-refractivity contribution in [3.8, 4) is 0 Å². The van der Waals surface area contributed by atoms with Gasteiger partial charge in [0.2, 0.25) is 0 Å². The lowest BCUT2D eigenvalue weighted by Crippen LogP contribution is -2.35. The Morgan fingerprint density at radius 3 is 2.77 bits per heavy atom. The smallest absolute Gasteiger partial charge is 0.410 e. The average molecular weight is 422 g/mol. The molecule has 1 aliphatic rings. The lowest BCUT2D eigenvalue weighted by atomic mass is 10.0. The largest absolute Gasteiger partial charge is 0.467 e. The summed E-state index contributed by atoms with van der Waals surface area (Å²) in [5, 5.41) is 11.2. The number of rotatable bonds is 4. The molecule has 0 radical (unpaired) electrons. The number of aromatic nitrogens is 4. The van der Waals surface area contributed by atoms with Crippen molar-refractivity contribution in [3.63, 3.8) is 0 Å². The molecule has 4 rings (SSSR count). The highest BCUT2D eigenvalue weighted by Gasteiger charge is 2.47. The number of carbonyl (C=O) groups excluding carboxylic acids is 1. The van der Waals surface area contributed by atoms with E-state index in [-0.39, 0.29) is 24.5 Å². The summed E-state index contributed by atoms with van der Waals surface area (Å²) >= 11 is 0. The predicted molar refractivity (Wildman–Crippen MR) is 101 cm³/mol. The normalized spacial score (nSPS) is 18.7. The number of fused-ring (bicyclic) bond motifs is 1. The van der Waals surface area contributed by atoms with Gasteiger partial charge in [0, 0.05) is 44.9 Å². The van der Waals surface area contributed by atoms with Gasteiger partial charge in [0.25, 0.3) is 5.91 Å². The molecule has 1 aliphatic heterocycles. The molecule has 0 spiro atoms. The fraction of sp³-hybridized carbons (Fsp3) is 0.421. The molecule has 1 amide bonds. The highest BCUT2D eigenvalue weighted by Crippen LogP contribution is 2.43. The number of carbonyl (C=O) groups is 1. The monoisotopic (exact) mass is 422 g/mol. The van der Waals surface area contributed by atoms with Gasteiger partial charge in [0.1, 0.15) is 11.6 Å². The zero-order valence-electron chi connectivity index (χ0n) is 16.6. The van der Waals surface area contributed by atoms with Crippen molar-refractivity contribution in [2.45, 2.75) is 38.1 Å². The molecule has 0 saturated heterocycles. The van der Waals surface area contributed by atoms with E-state index in [0.29, 0.717) is 5.76 Å². The van der Waals surface area contributed by atoms with Crippen LogP contribution in [0, 0.1) is 6.92 Å². The third-order valence-electron chi connectivity index (χ3n) is 5.16. The maximum atomic E-state index is 13.7. The molecule has 11 heteroatoms. The maximum absolute atomic E-state index is 13.7. The number of aryl methyl sites for hydroxylation is 2. The summed E-state index contributed by atoms with van der Waals surface area (Å²) in [6, 6.07) is 2.05. The molecule has 0 unspecified atom stereocenters. The second-order valence-electron chi connectivity index (χ2n) is 7.44. The number of anilines is 1. The third-order valence-corrected chi connectivity index (χ3v) is 5.16. The number of alkyl halides is 3. The fourth-order valence-electron chi connectivity index (χ4n) is 3.68. The fourth-order valence-corrected chi connectivity index (χ4v) is 3.68. The lowest BCUT2D eigenvalue weighted by molar-refractivity contribution is -0.174. The van der Waals surface area contributed by atoms with Gasteiger partial charge in [-0.25, -0.2) is 4.68 Å². The number of hydrogen-bond donors (Lipinski definition) is 1. The van der Waals surface area contributed by atoms with Gasteiger partial charge < -0.3 is 14.6 Å². The summed E-state index contributed by atoms with van der Waals surface area (Å²) in [6.45, 7) is 2.10. The molecule has 2 atom stereocenters. The summed E-state index contributed by atoms with van der Waals surface area (Å²) in [6.07, 6.45) is -1.60. The minimum Gasteiger partial charge on any atom is -0.467 e. The Hall–Kier alpha value is -3.24. The number of amides is 1. The average Bonchev–Trinajstić information content (AvgIpc) is 3.39. The second kappa shape index (κ2) is 7.22. The van der Waals surface area contributed by atoms with E-state index >= 15 is 0 Å². The van der Waals surface area contributed by atoms with Gasteiger partial charge >= 0.3 is 6.18 Å². The number of nitrogens with zero attached hydrogens (tertiary/aromatic N) is 5. The minimum absolute atomic E-state index is 0.0594. The van der Waals surface area contributed by atoms with Crippen molar-refractivity contribution >= 4 is 11.7 Å². The Balaban J connectivity index is 1.61. The molecule has 4 heterocycles. The Morgan fingerprint density at radius 1 is 1.40 bits per heavy atom. The van der Waals surface area contributed by atoms with Crippen molar-refractivity contribution < 1.29 is 22.4 Å². The third kappa shape index (κ3) is 3.66. The SMILES string of the molecule is Cc1nn(C)cc1CN(C)C(=O)c1cc2n(n1)[C@@H](C(F)(F)F)C[C@H](c1ccco1)N2. The quantitative estimate of drug-likeness (QED) is 0.697. The molecule has 0 fully saturated rings. The first-order valence-electron chi connectivity index (χ1n) is 9.34. The van der Waals surface area contributed by atoms with Crippen LogP contribution in [0.1, 0.15) is 46.0 Å². The van der Waals surface area contributed by atoms with Crippen LogP contribution in [0.4, 0.5) is 19.0 Å². The summed E-state index contributed by atoms with van der Waals surface area (Å²) in [5.41, 5.74) is 1.57. The highest BCUT2D eigenvalue weighted by atomic mass is 19.4. The van der Waals surface area contributed by atoms with Crippen molar-refractivity contribution in [2.75, 3.05) is 12.4 Å². The Bertz CT molecular complexity index is 1050. The van der Waals surface area contributed by atoms with Crippen molar-refractivity contribution in [1.29, 1.82) is 0 Å². The van der Waals surface area contributed by atoms with Gasteiger partial charge in [-0.15, -0.1) is 0 Å². The molecular weight excluding hydrogens is 401 g/mol. The molecule has 0 saturated carbocycles. The highest BCUT2D eigenvalue weighted by molar-refractivity contribution is 5.93. The first kappa shape index (κ1) is 20.0. The van der Waals surface area contributed by atoms with Gasteiger partial charge in [-0.05, 0) is 19.1 Å². The molecule has 1 N–H and O–H groups in total. The number of halogens is 3. The van der Waals surface area contributed by atoms with Crippen LogP contribution in [0.2, 0.25) is 0 Å². The molecule has 0 aliphatic carbocycles. The van der Waals surface area contributed by atoms with Crippen LogP contribution in [-0.4, -0.2) is 43.6 Å². The molecule has 160 valence electrons. The van der Waals surface area contributed by atoms with Crippen molar-refractivity contribution in [2.24, 2.45) is 7.05 Å². The Morgan fingerprint density at radius 2 is 2.17 bits per heavy atom. The second-order valence-corrected chi connectivity index (χ2v) is 7.44. The minimum atomic E-state index is -4.52. The van der Waals surface area contributed by atoms with E-state index in [1.807, 2.05) is 6.92 Å². The lowest BCUT2D eigenvalue weighted by Gasteiger charge is -2.32. The van der Waals surface area contributed by atoms with Crippen LogP contribution in [0.15, 0.2) is 35.1 Å². The summed E-state index contributed by atoms with van der Waals surface area (Å²) in [4.78, 5) is 14.3. The van der Waals surface area contributed by atoms with Crippen LogP contribution < -0.4 is 5.32 Å². The van der Waals surface area contributed by atoms with E-state index in [4.69, 9.17) is 4.42 Å². The Kier molecular flexibility index (Phi) is 4.83. The van der Waals surface area contributed by atoms with E-state index in [9.17, 15) is 18.0 Å². The zero-order chi connectivity index (χ0) is 21.6. The molecule has 30 heavy (non-hydrogen) atoms. The molecule has 8 nitrogen and oxygen atoms in total. The Labute approximate surface area is 170 Å². The van der Waals surface area contributed by atoms with Crippen molar-refractivity contribution in [1.82, 2.24) is 24.5 Å².